The first-order valence-corrected chi connectivity index (χ1v) is 8.36. The van der Waals surface area contributed by atoms with Crippen molar-refractivity contribution in [2.24, 2.45) is 5.73 Å². The molecule has 8 atom stereocenters. The van der Waals surface area contributed by atoms with E-state index in [0.717, 1.165) is 13.8 Å². The molecule has 1 amide bonds. The molecule has 1 aliphatic rings. The zero-order valence-electron chi connectivity index (χ0n) is 15.3. The van der Waals surface area contributed by atoms with Crippen molar-refractivity contribution in [3.63, 3.8) is 0 Å². The summed E-state index contributed by atoms with van der Waals surface area (Å²) in [6.45, 7) is 1.29. The fourth-order valence-corrected chi connectivity index (χ4v) is 2.66. The smallest absolute Gasteiger partial charge is 0.377 e. The van der Waals surface area contributed by atoms with E-state index in [9.17, 15) is 39.9 Å². The number of hydrogen-bond donors (Lipinski definition) is 8. The van der Waals surface area contributed by atoms with Crippen molar-refractivity contribution in [1.29, 1.82) is 0 Å². The van der Waals surface area contributed by atoms with Crippen LogP contribution < -0.4 is 11.1 Å². The summed E-state index contributed by atoms with van der Waals surface area (Å²) < 4.78 is 10.0. The molecule has 1 aliphatic heterocycles. The third kappa shape index (κ3) is 5.35. The Morgan fingerprint density at radius 1 is 1.32 bits per heavy atom. The first kappa shape index (κ1) is 24.2. The van der Waals surface area contributed by atoms with Gasteiger partial charge in [0.05, 0.1) is 31.3 Å². The van der Waals surface area contributed by atoms with Crippen molar-refractivity contribution in [3.8, 4) is 0 Å². The number of aliphatic hydroxyl groups is 5. The minimum atomic E-state index is -2.83. The van der Waals surface area contributed by atoms with E-state index in [2.05, 4.69) is 5.32 Å². The minimum Gasteiger partial charge on any atom is -0.476 e. The highest BCUT2D eigenvalue weighted by atomic mass is 16.7. The zero-order valence-corrected chi connectivity index (χ0v) is 15.3. The van der Waals surface area contributed by atoms with Crippen LogP contribution >= 0.6 is 0 Å². The van der Waals surface area contributed by atoms with E-state index in [1.54, 1.807) is 0 Å². The number of carboxylic acid groups (broad SMARTS) is 1. The summed E-state index contributed by atoms with van der Waals surface area (Å²) in [7, 11) is 0. The molecule has 0 radical (unpaired) electrons. The van der Waals surface area contributed by atoms with Gasteiger partial charge in [-0.05, 0) is 6.92 Å². The van der Waals surface area contributed by atoms with Crippen molar-refractivity contribution in [3.05, 3.63) is 0 Å². The SMILES string of the molecule is CC(=O)N[C@H]1[C@H]([C@H](O)[C@H](O)CO)O[C@](OC(=O)[C@@H](N)[C@@H](C)O)(C(=O)O)C[C@@H]1O. The minimum absolute atomic E-state index is 0.667. The van der Waals surface area contributed by atoms with Gasteiger partial charge in [-0.25, -0.2) is 4.79 Å². The number of esters is 1. The molecule has 1 fully saturated rings. The van der Waals surface area contributed by atoms with Gasteiger partial charge in [-0.15, -0.1) is 0 Å². The van der Waals surface area contributed by atoms with Gasteiger partial charge in [0.15, 0.2) is 0 Å². The van der Waals surface area contributed by atoms with Gasteiger partial charge < -0.3 is 51.2 Å². The Labute approximate surface area is 159 Å². The Bertz CT molecular complexity index is 586. The van der Waals surface area contributed by atoms with Gasteiger partial charge in [0.2, 0.25) is 5.91 Å². The van der Waals surface area contributed by atoms with E-state index in [1.165, 1.54) is 0 Å². The van der Waals surface area contributed by atoms with Crippen LogP contribution in [0.2, 0.25) is 0 Å². The maximum absolute atomic E-state index is 12.0. The molecule has 0 aromatic carbocycles. The summed E-state index contributed by atoms with van der Waals surface area (Å²) in [5, 5.41) is 60.4. The highest BCUT2D eigenvalue weighted by Gasteiger charge is 2.57. The summed E-state index contributed by atoms with van der Waals surface area (Å²) >= 11 is 0. The predicted octanol–water partition coefficient (Wildman–Crippen LogP) is -4.61. The molecule has 0 bridgehead atoms. The maximum atomic E-state index is 12.0. The maximum Gasteiger partial charge on any atom is 0.377 e. The number of aliphatic carboxylic acids is 1. The van der Waals surface area contributed by atoms with E-state index < -0.39 is 79.3 Å². The van der Waals surface area contributed by atoms with Crippen LogP contribution in [0.15, 0.2) is 0 Å². The summed E-state index contributed by atoms with van der Waals surface area (Å²) in [6.07, 6.45) is -9.54. The number of carboxylic acids is 1. The fourth-order valence-electron chi connectivity index (χ4n) is 2.66. The van der Waals surface area contributed by atoms with E-state index >= 15 is 0 Å². The average molecular weight is 410 g/mol. The molecular weight excluding hydrogens is 384 g/mol. The molecule has 28 heavy (non-hydrogen) atoms. The number of nitrogens with two attached hydrogens (primary N) is 1. The quantitative estimate of drug-likeness (QED) is 0.177. The first-order valence-electron chi connectivity index (χ1n) is 8.36. The molecule has 0 saturated carbocycles. The van der Waals surface area contributed by atoms with Gasteiger partial charge in [0.25, 0.3) is 0 Å². The lowest BCUT2D eigenvalue weighted by molar-refractivity contribution is -0.302. The van der Waals surface area contributed by atoms with E-state index in [-0.39, 0.29) is 0 Å². The highest BCUT2D eigenvalue weighted by molar-refractivity contribution is 5.83. The molecule has 9 N–H and O–H groups in total. The predicted molar refractivity (Wildman–Crippen MR) is 88.3 cm³/mol. The van der Waals surface area contributed by atoms with E-state index in [1.807, 2.05) is 0 Å². The Kier molecular flexibility index (Phi) is 8.25. The Morgan fingerprint density at radius 2 is 1.89 bits per heavy atom. The lowest BCUT2D eigenvalue weighted by atomic mass is 9.88. The normalized spacial score (nSPS) is 31.9. The van der Waals surface area contributed by atoms with Crippen LogP contribution in [0, 0.1) is 0 Å². The van der Waals surface area contributed by atoms with Gasteiger partial charge in [-0.3, -0.25) is 9.59 Å². The second-order valence-electron chi connectivity index (χ2n) is 6.57. The zero-order chi connectivity index (χ0) is 21.8. The molecule has 0 aromatic heterocycles. The molecule has 0 aliphatic carbocycles. The monoisotopic (exact) mass is 410 g/mol. The van der Waals surface area contributed by atoms with Crippen LogP contribution in [0.4, 0.5) is 0 Å². The van der Waals surface area contributed by atoms with Crippen molar-refractivity contribution in [2.75, 3.05) is 6.61 Å². The molecular formula is C15H26N2O11. The number of rotatable bonds is 8. The number of carbonyl (C=O) groups excluding carboxylic acids is 2. The number of ether oxygens (including phenoxy) is 2. The number of nitrogens with one attached hydrogen (secondary N) is 1. The van der Waals surface area contributed by atoms with E-state index in [0.29, 0.717) is 0 Å². The Morgan fingerprint density at radius 3 is 2.32 bits per heavy atom. The summed E-state index contributed by atoms with van der Waals surface area (Å²) in [4.78, 5) is 35.2. The third-order valence-electron chi connectivity index (χ3n) is 4.24. The van der Waals surface area contributed by atoms with Crippen molar-refractivity contribution in [1.82, 2.24) is 5.32 Å². The third-order valence-corrected chi connectivity index (χ3v) is 4.24. The highest BCUT2D eigenvalue weighted by Crippen LogP contribution is 2.34. The van der Waals surface area contributed by atoms with Crippen molar-refractivity contribution >= 4 is 17.8 Å². The lowest BCUT2D eigenvalue weighted by Crippen LogP contribution is -2.68. The lowest BCUT2D eigenvalue weighted by Gasteiger charge is -2.46. The molecule has 1 rings (SSSR count). The number of aliphatic hydroxyl groups excluding tert-OH is 5. The summed E-state index contributed by atoms with van der Waals surface area (Å²) in [5.41, 5.74) is 5.41. The van der Waals surface area contributed by atoms with Gasteiger partial charge in [0, 0.05) is 6.92 Å². The van der Waals surface area contributed by atoms with Gasteiger partial charge in [-0.2, -0.15) is 0 Å². The van der Waals surface area contributed by atoms with Crippen LogP contribution in [0.5, 0.6) is 0 Å². The molecule has 13 nitrogen and oxygen atoms in total. The van der Waals surface area contributed by atoms with Crippen LogP contribution in [0.3, 0.4) is 0 Å². The average Bonchev–Trinajstić information content (AvgIpc) is 2.60. The summed E-state index contributed by atoms with van der Waals surface area (Å²) in [5.74, 6) is -6.73. The number of carbonyl (C=O) groups is 3. The molecule has 0 unspecified atom stereocenters. The molecule has 0 aromatic rings. The molecule has 13 heteroatoms. The largest absolute Gasteiger partial charge is 0.476 e. The van der Waals surface area contributed by atoms with Crippen molar-refractivity contribution < 1.29 is 54.5 Å². The molecule has 162 valence electrons. The Balaban J connectivity index is 3.28. The number of hydrogen-bond acceptors (Lipinski definition) is 11. The van der Waals surface area contributed by atoms with E-state index in [4.69, 9.17) is 20.3 Å². The fraction of sp³-hybridized carbons (Fsp3) is 0.800. The van der Waals surface area contributed by atoms with Gasteiger partial charge in [0.1, 0.15) is 24.4 Å². The molecule has 1 saturated heterocycles. The molecule has 0 spiro atoms. The standard InChI is InChI=1S/C15H26N2O11/c1-5(19)9(16)13(24)28-15(14(25)26)3-7(21)10(17-6(2)20)12(27-15)11(23)8(22)4-18/h5,7-12,18-19,21-23H,3-4,16H2,1-2H3,(H,17,20)(H,25,26)/t5-,7+,8-,9+,10-,11-,12-,15-/m1/s1. The van der Waals surface area contributed by atoms with Crippen LogP contribution in [-0.2, 0) is 23.9 Å². The molecule has 1 heterocycles. The van der Waals surface area contributed by atoms with Gasteiger partial charge in [-0.1, -0.05) is 0 Å². The first-order chi connectivity index (χ1) is 12.9. The summed E-state index contributed by atoms with van der Waals surface area (Å²) in [6, 6.07) is -3.03. The Hall–Kier alpha value is -1.87. The second-order valence-corrected chi connectivity index (χ2v) is 6.57. The van der Waals surface area contributed by atoms with Crippen LogP contribution in [0.25, 0.3) is 0 Å². The second kappa shape index (κ2) is 9.56. The topological polar surface area (TPSA) is 229 Å². The van der Waals surface area contributed by atoms with Crippen LogP contribution in [-0.4, -0.2) is 103 Å². The van der Waals surface area contributed by atoms with Crippen LogP contribution in [0.1, 0.15) is 20.3 Å². The number of amides is 1. The van der Waals surface area contributed by atoms with Crippen molar-refractivity contribution in [2.45, 2.75) is 68.7 Å². The van der Waals surface area contributed by atoms with Gasteiger partial charge >= 0.3 is 17.7 Å².